The second-order valence-electron chi connectivity index (χ2n) is 11.6. The number of nitrogens with one attached hydrogen (secondary N) is 1. The van der Waals surface area contributed by atoms with Gasteiger partial charge in [-0.1, -0.05) is 106 Å². The normalized spacial score (nSPS) is 12.4. The fourth-order valence-corrected chi connectivity index (χ4v) is 4.81. The first kappa shape index (κ1) is 30.7. The molecule has 0 bridgehead atoms. The van der Waals surface area contributed by atoms with Gasteiger partial charge in [-0.05, 0) is 70.7 Å². The van der Waals surface area contributed by atoms with Crippen molar-refractivity contribution in [3.8, 4) is 17.1 Å². The predicted molar refractivity (Wildman–Crippen MR) is 167 cm³/mol. The molecule has 7 heteroatoms. The van der Waals surface area contributed by atoms with E-state index in [0.29, 0.717) is 31.4 Å². The summed E-state index contributed by atoms with van der Waals surface area (Å²) in [4.78, 5) is 11.8. The number of allylic oxidation sites excluding steroid dienone is 1. The molecule has 3 aromatic carbocycles. The van der Waals surface area contributed by atoms with Gasteiger partial charge in [-0.3, -0.25) is 4.79 Å². The van der Waals surface area contributed by atoms with Gasteiger partial charge in [0, 0.05) is 17.5 Å². The molecule has 4 aromatic rings. The Morgan fingerprint density at radius 1 is 0.952 bits per heavy atom. The van der Waals surface area contributed by atoms with Gasteiger partial charge in [0.05, 0.1) is 6.61 Å². The highest BCUT2D eigenvalue weighted by Gasteiger charge is 2.13. The molecular weight excluding hydrogens is 524 g/mol. The number of nitrogens with zero attached hydrogens (tertiary/aromatic N) is 3. The third kappa shape index (κ3) is 9.40. The lowest BCUT2D eigenvalue weighted by Crippen LogP contribution is -2.10. The molecule has 0 saturated heterocycles. The van der Waals surface area contributed by atoms with Crippen LogP contribution in [0.15, 0.2) is 78.9 Å². The van der Waals surface area contributed by atoms with Crippen LogP contribution in [-0.2, 0) is 28.0 Å². The van der Waals surface area contributed by atoms with Crippen molar-refractivity contribution in [1.82, 2.24) is 20.6 Å². The summed E-state index contributed by atoms with van der Waals surface area (Å²) in [6, 6.07) is 25.2. The largest absolute Gasteiger partial charge is 0.488 e. The van der Waals surface area contributed by atoms with Crippen molar-refractivity contribution in [3.63, 3.8) is 0 Å². The van der Waals surface area contributed by atoms with E-state index in [9.17, 15) is 4.79 Å². The van der Waals surface area contributed by atoms with Crippen molar-refractivity contribution in [2.45, 2.75) is 71.8 Å². The van der Waals surface area contributed by atoms with Crippen molar-refractivity contribution in [1.29, 1.82) is 0 Å². The van der Waals surface area contributed by atoms with Gasteiger partial charge in [0.25, 0.3) is 0 Å². The number of esters is 1. The van der Waals surface area contributed by atoms with Gasteiger partial charge in [0.15, 0.2) is 5.82 Å². The zero-order valence-corrected chi connectivity index (χ0v) is 25.2. The first-order valence-corrected chi connectivity index (χ1v) is 14.8. The lowest BCUT2D eigenvalue weighted by molar-refractivity contribution is -0.143. The molecule has 0 fully saturated rings. The summed E-state index contributed by atoms with van der Waals surface area (Å²) in [5.41, 5.74) is 5.81. The summed E-state index contributed by atoms with van der Waals surface area (Å²) >= 11 is 0. The van der Waals surface area contributed by atoms with Crippen LogP contribution in [0.4, 0.5) is 0 Å². The molecule has 0 aliphatic heterocycles. The fraction of sp³-hybridized carbons (Fsp3) is 0.371. The molecule has 220 valence electrons. The molecular formula is C35H42N4O3. The smallest absolute Gasteiger partial charge is 0.305 e. The van der Waals surface area contributed by atoms with E-state index in [2.05, 4.69) is 96.0 Å². The average molecular weight is 567 g/mol. The number of hydrogen-bond acceptors (Lipinski definition) is 6. The second-order valence-corrected chi connectivity index (χ2v) is 11.6. The van der Waals surface area contributed by atoms with Crippen molar-refractivity contribution in [2.24, 2.45) is 5.92 Å². The van der Waals surface area contributed by atoms with Gasteiger partial charge in [-0.25, -0.2) is 5.10 Å². The number of benzene rings is 3. The van der Waals surface area contributed by atoms with E-state index in [4.69, 9.17) is 9.47 Å². The zero-order valence-electron chi connectivity index (χ0n) is 25.2. The van der Waals surface area contributed by atoms with E-state index in [1.165, 1.54) is 11.1 Å². The summed E-state index contributed by atoms with van der Waals surface area (Å²) in [6.45, 7) is 9.45. The van der Waals surface area contributed by atoms with Crippen molar-refractivity contribution in [2.75, 3.05) is 6.61 Å². The molecule has 42 heavy (non-hydrogen) atoms. The summed E-state index contributed by atoms with van der Waals surface area (Å²) < 4.78 is 11.4. The van der Waals surface area contributed by atoms with Crippen molar-refractivity contribution < 1.29 is 14.3 Å². The van der Waals surface area contributed by atoms with Crippen LogP contribution in [0.1, 0.15) is 75.6 Å². The van der Waals surface area contributed by atoms with Crippen LogP contribution in [-0.4, -0.2) is 33.2 Å². The lowest BCUT2D eigenvalue weighted by atomic mass is 9.87. The summed E-state index contributed by atoms with van der Waals surface area (Å²) in [5, 5.41) is 14.1. The number of tetrazole rings is 1. The molecule has 4 rings (SSSR count). The summed E-state index contributed by atoms with van der Waals surface area (Å²) in [5.74, 6) is 1.68. The molecule has 0 spiro atoms. The number of aromatic nitrogens is 4. The standard InChI is InChI=1S/C35H42N4O3/c1-5-41-33(40)13-9-6-10-26(24-27-15-20-30(21-16-27)34-36-38-39-37-34)14-19-29-11-7-8-12-32(29)42-25-28-17-22-31(23-18-28)35(2,3)4/h7-8,11-12,14-23,26H,5-6,9-10,13,24-25H2,1-4H3,(H,36,37,38,39)/b19-14+. The maximum Gasteiger partial charge on any atom is 0.305 e. The molecule has 1 aromatic heterocycles. The highest BCUT2D eigenvalue weighted by atomic mass is 16.5. The third-order valence-corrected chi connectivity index (χ3v) is 7.26. The van der Waals surface area contributed by atoms with Crippen LogP contribution < -0.4 is 4.74 Å². The molecule has 0 aliphatic rings. The van der Waals surface area contributed by atoms with Gasteiger partial charge in [0.2, 0.25) is 0 Å². The number of H-pyrrole nitrogens is 1. The minimum atomic E-state index is -0.124. The van der Waals surface area contributed by atoms with Crippen molar-refractivity contribution in [3.05, 3.63) is 101 Å². The van der Waals surface area contributed by atoms with Gasteiger partial charge < -0.3 is 9.47 Å². The molecule has 0 saturated carbocycles. The molecule has 0 aliphatic carbocycles. The molecule has 0 radical (unpaired) electrons. The van der Waals surface area contributed by atoms with Crippen LogP contribution in [0.5, 0.6) is 5.75 Å². The molecule has 1 unspecified atom stereocenters. The highest BCUT2D eigenvalue weighted by molar-refractivity contribution is 5.69. The minimum absolute atomic E-state index is 0.124. The quantitative estimate of drug-likeness (QED) is 0.124. The van der Waals surface area contributed by atoms with E-state index >= 15 is 0 Å². The molecule has 0 amide bonds. The van der Waals surface area contributed by atoms with Gasteiger partial charge in [-0.2, -0.15) is 0 Å². The van der Waals surface area contributed by atoms with E-state index in [0.717, 1.165) is 48.1 Å². The van der Waals surface area contributed by atoms with Gasteiger partial charge in [-0.15, -0.1) is 5.10 Å². The minimum Gasteiger partial charge on any atom is -0.488 e. The molecule has 1 heterocycles. The first-order valence-electron chi connectivity index (χ1n) is 14.8. The number of carbonyl (C=O) groups excluding carboxylic acids is 1. The average Bonchev–Trinajstić information content (AvgIpc) is 3.53. The van der Waals surface area contributed by atoms with Crippen molar-refractivity contribution >= 4 is 12.0 Å². The van der Waals surface area contributed by atoms with E-state index < -0.39 is 0 Å². The monoisotopic (exact) mass is 566 g/mol. The van der Waals surface area contributed by atoms with Crippen LogP contribution in [0.3, 0.4) is 0 Å². The second kappa shape index (κ2) is 15.1. The number of para-hydroxylation sites is 1. The lowest BCUT2D eigenvalue weighted by Gasteiger charge is -2.19. The van der Waals surface area contributed by atoms with Gasteiger partial charge in [0.1, 0.15) is 12.4 Å². The van der Waals surface area contributed by atoms with E-state index in [-0.39, 0.29) is 11.4 Å². The number of carbonyl (C=O) groups is 1. The van der Waals surface area contributed by atoms with E-state index in [1.807, 2.05) is 37.3 Å². The van der Waals surface area contributed by atoms with Crippen LogP contribution in [0, 0.1) is 5.92 Å². The Labute approximate surface area is 249 Å². The third-order valence-electron chi connectivity index (χ3n) is 7.26. The molecule has 1 N–H and O–H groups in total. The topological polar surface area (TPSA) is 90.0 Å². The number of ether oxygens (including phenoxy) is 2. The molecule has 1 atom stereocenters. The van der Waals surface area contributed by atoms with Gasteiger partial charge >= 0.3 is 5.97 Å². The number of rotatable bonds is 14. The Balaban J connectivity index is 1.43. The Morgan fingerprint density at radius 2 is 1.69 bits per heavy atom. The Hall–Kier alpha value is -4.26. The Kier molecular flexibility index (Phi) is 11.0. The summed E-state index contributed by atoms with van der Waals surface area (Å²) in [7, 11) is 0. The fourth-order valence-electron chi connectivity index (χ4n) is 4.81. The van der Waals surface area contributed by atoms with Crippen LogP contribution in [0.25, 0.3) is 17.5 Å². The van der Waals surface area contributed by atoms with Crippen LogP contribution in [0.2, 0.25) is 0 Å². The molecule has 7 nitrogen and oxygen atoms in total. The number of hydrogen-bond donors (Lipinski definition) is 1. The maximum absolute atomic E-state index is 11.8. The van der Waals surface area contributed by atoms with E-state index in [1.54, 1.807) is 0 Å². The summed E-state index contributed by atoms with van der Waals surface area (Å²) in [6.07, 6.45) is 8.51. The predicted octanol–water partition coefficient (Wildman–Crippen LogP) is 7.74. The Bertz CT molecular complexity index is 1410. The zero-order chi connectivity index (χ0) is 29.8. The highest BCUT2D eigenvalue weighted by Crippen LogP contribution is 2.26. The maximum atomic E-state index is 11.8. The Morgan fingerprint density at radius 3 is 2.38 bits per heavy atom. The first-order chi connectivity index (χ1) is 20.3. The van der Waals surface area contributed by atoms with Crippen LogP contribution >= 0.6 is 0 Å². The number of aromatic amines is 1. The SMILES string of the molecule is CCOC(=O)CCCCC(/C=C/c1ccccc1OCc1ccc(C(C)(C)C)cc1)Cc1ccc(-c2nnn[nH]2)cc1. The number of unbranched alkanes of at least 4 members (excludes halogenated alkanes) is 1.